The highest BCUT2D eigenvalue weighted by Crippen LogP contribution is 2.22. The average Bonchev–Trinajstić information content (AvgIpc) is 2.35. The fraction of sp³-hybridized carbons (Fsp3) is 0.286. The van der Waals surface area contributed by atoms with Crippen molar-refractivity contribution in [3.8, 4) is 0 Å². The molecule has 1 aromatic rings. The van der Waals surface area contributed by atoms with Crippen LogP contribution in [0.2, 0.25) is 0 Å². The summed E-state index contributed by atoms with van der Waals surface area (Å²) in [4.78, 5) is 22.3. The Hall–Kier alpha value is -1.95. The molecule has 0 aliphatic heterocycles. The zero-order valence-electron chi connectivity index (χ0n) is 11.5. The number of sulfone groups is 1. The summed E-state index contributed by atoms with van der Waals surface area (Å²) in [6, 6.07) is 4.43. The molecule has 0 spiro atoms. The number of aryl methyl sites for hydroxylation is 1. The lowest BCUT2D eigenvalue weighted by Crippen LogP contribution is -2.17. The fourth-order valence-electron chi connectivity index (χ4n) is 1.58. The minimum absolute atomic E-state index is 0.00352. The molecule has 0 saturated carbocycles. The van der Waals surface area contributed by atoms with Crippen molar-refractivity contribution in [3.63, 3.8) is 0 Å². The van der Waals surface area contributed by atoms with Gasteiger partial charge in [0.15, 0.2) is 15.6 Å². The van der Waals surface area contributed by atoms with Crippen molar-refractivity contribution >= 4 is 21.6 Å². The van der Waals surface area contributed by atoms with Crippen molar-refractivity contribution < 1.29 is 23.1 Å². The van der Waals surface area contributed by atoms with Gasteiger partial charge >= 0.3 is 5.97 Å². The molecular formula is C14H16O5S. The molecule has 5 nitrogen and oxygen atoms in total. The van der Waals surface area contributed by atoms with Gasteiger partial charge in [-0.05, 0) is 39.0 Å². The van der Waals surface area contributed by atoms with Gasteiger partial charge < -0.3 is 5.11 Å². The predicted molar refractivity (Wildman–Crippen MR) is 74.6 cm³/mol. The van der Waals surface area contributed by atoms with Gasteiger partial charge in [0.05, 0.1) is 10.1 Å². The molecule has 1 aromatic carbocycles. The van der Waals surface area contributed by atoms with Gasteiger partial charge in [0.25, 0.3) is 0 Å². The van der Waals surface area contributed by atoms with Crippen LogP contribution in [0.1, 0.15) is 29.8 Å². The van der Waals surface area contributed by atoms with Crippen molar-refractivity contribution in [3.05, 3.63) is 41.5 Å². The van der Waals surface area contributed by atoms with Gasteiger partial charge in [-0.2, -0.15) is 0 Å². The van der Waals surface area contributed by atoms with E-state index in [2.05, 4.69) is 0 Å². The minimum atomic E-state index is -3.61. The smallest absolute Gasteiger partial charge is 0.328 e. The summed E-state index contributed by atoms with van der Waals surface area (Å²) in [6.07, 6.45) is 1.55. The number of aliphatic carboxylic acids is 1. The van der Waals surface area contributed by atoms with E-state index in [0.717, 1.165) is 11.6 Å². The second-order valence-corrected chi connectivity index (χ2v) is 7.10. The summed E-state index contributed by atoms with van der Waals surface area (Å²) in [7, 11) is -3.61. The molecule has 1 rings (SSSR count). The number of ketones is 1. The standard InChI is InChI=1S/C14H16O5S/c1-9(2)20(18,19)13-6-4-10(3)8-11(13)12(15)5-7-14(16)17/h4-9H,1-3H3,(H,16,17)/b7-5+. The largest absolute Gasteiger partial charge is 0.478 e. The molecule has 0 atom stereocenters. The van der Waals surface area contributed by atoms with Crippen molar-refractivity contribution in [1.82, 2.24) is 0 Å². The molecule has 0 saturated heterocycles. The summed E-state index contributed by atoms with van der Waals surface area (Å²) in [5, 5.41) is 7.86. The van der Waals surface area contributed by atoms with Gasteiger partial charge in [-0.3, -0.25) is 4.79 Å². The average molecular weight is 296 g/mol. The number of allylic oxidation sites excluding steroid dienone is 1. The Balaban J connectivity index is 3.43. The van der Waals surface area contributed by atoms with Crippen molar-refractivity contribution in [2.24, 2.45) is 0 Å². The number of carboxylic acids is 1. The third-order valence-electron chi connectivity index (χ3n) is 2.70. The molecule has 0 radical (unpaired) electrons. The SMILES string of the molecule is Cc1ccc(S(=O)(=O)C(C)C)c(C(=O)/C=C/C(=O)O)c1. The number of rotatable bonds is 5. The number of benzene rings is 1. The number of carboxylic acid groups (broad SMARTS) is 1. The Morgan fingerprint density at radius 1 is 1.20 bits per heavy atom. The van der Waals surface area contributed by atoms with Gasteiger partial charge in [0, 0.05) is 11.6 Å². The molecule has 108 valence electrons. The maximum atomic E-state index is 12.2. The summed E-state index contributed by atoms with van der Waals surface area (Å²) in [6.45, 7) is 4.77. The molecule has 0 aromatic heterocycles. The van der Waals surface area contributed by atoms with Crippen LogP contribution in [0.5, 0.6) is 0 Å². The highest BCUT2D eigenvalue weighted by Gasteiger charge is 2.24. The topological polar surface area (TPSA) is 88.5 Å². The third-order valence-corrected chi connectivity index (χ3v) is 4.92. The van der Waals surface area contributed by atoms with Crippen molar-refractivity contribution in [1.29, 1.82) is 0 Å². The second-order valence-electron chi connectivity index (χ2n) is 4.63. The van der Waals surface area contributed by atoms with Crippen LogP contribution in [0.3, 0.4) is 0 Å². The van der Waals surface area contributed by atoms with Crippen LogP contribution in [0.25, 0.3) is 0 Å². The van der Waals surface area contributed by atoms with Crippen molar-refractivity contribution in [2.45, 2.75) is 30.9 Å². The van der Waals surface area contributed by atoms with E-state index in [1.807, 2.05) is 0 Å². The van der Waals surface area contributed by atoms with E-state index in [1.165, 1.54) is 26.0 Å². The van der Waals surface area contributed by atoms with Crippen LogP contribution >= 0.6 is 0 Å². The maximum absolute atomic E-state index is 12.2. The Morgan fingerprint density at radius 3 is 2.30 bits per heavy atom. The minimum Gasteiger partial charge on any atom is -0.478 e. The van der Waals surface area contributed by atoms with Gasteiger partial charge in [-0.25, -0.2) is 13.2 Å². The van der Waals surface area contributed by atoms with E-state index in [1.54, 1.807) is 13.0 Å². The van der Waals surface area contributed by atoms with E-state index in [-0.39, 0.29) is 10.5 Å². The fourth-order valence-corrected chi connectivity index (χ4v) is 2.81. The Bertz CT molecular complexity index is 669. The maximum Gasteiger partial charge on any atom is 0.328 e. The molecule has 0 heterocycles. The van der Waals surface area contributed by atoms with Crippen LogP contribution in [-0.4, -0.2) is 30.5 Å². The first-order chi connectivity index (χ1) is 9.16. The lowest BCUT2D eigenvalue weighted by molar-refractivity contribution is -0.131. The number of hydrogen-bond acceptors (Lipinski definition) is 4. The molecule has 0 aliphatic carbocycles. The predicted octanol–water partition coefficient (Wildman–Crippen LogP) is 2.00. The molecule has 20 heavy (non-hydrogen) atoms. The summed E-state index contributed by atoms with van der Waals surface area (Å²) >= 11 is 0. The van der Waals surface area contributed by atoms with Crippen LogP contribution in [0, 0.1) is 6.92 Å². The normalized spacial score (nSPS) is 12.0. The quantitative estimate of drug-likeness (QED) is 0.663. The van der Waals surface area contributed by atoms with Gasteiger partial charge in [0.1, 0.15) is 0 Å². The second kappa shape index (κ2) is 6.00. The van der Waals surface area contributed by atoms with Crippen LogP contribution in [0.4, 0.5) is 0 Å². The number of carbonyl (C=O) groups is 2. The molecular weight excluding hydrogens is 280 g/mol. The Morgan fingerprint density at radius 2 is 1.80 bits per heavy atom. The molecule has 0 amide bonds. The molecule has 6 heteroatoms. The molecule has 0 fully saturated rings. The van der Waals surface area contributed by atoms with Crippen molar-refractivity contribution in [2.75, 3.05) is 0 Å². The molecule has 1 N–H and O–H groups in total. The number of carbonyl (C=O) groups excluding carboxylic acids is 1. The van der Waals surface area contributed by atoms with E-state index in [4.69, 9.17) is 5.11 Å². The van der Waals surface area contributed by atoms with Gasteiger partial charge in [-0.15, -0.1) is 0 Å². The van der Waals surface area contributed by atoms with E-state index in [0.29, 0.717) is 6.08 Å². The first-order valence-electron chi connectivity index (χ1n) is 5.96. The van der Waals surface area contributed by atoms with E-state index in [9.17, 15) is 18.0 Å². The summed E-state index contributed by atoms with van der Waals surface area (Å²) < 4.78 is 24.4. The summed E-state index contributed by atoms with van der Waals surface area (Å²) in [5.41, 5.74) is 0.719. The van der Waals surface area contributed by atoms with E-state index >= 15 is 0 Å². The number of hydrogen-bond donors (Lipinski definition) is 1. The first-order valence-corrected chi connectivity index (χ1v) is 7.50. The monoisotopic (exact) mass is 296 g/mol. The Kier molecular flexibility index (Phi) is 4.83. The van der Waals surface area contributed by atoms with Crippen LogP contribution < -0.4 is 0 Å². The van der Waals surface area contributed by atoms with E-state index < -0.39 is 26.8 Å². The van der Waals surface area contributed by atoms with Crippen LogP contribution in [0.15, 0.2) is 35.2 Å². The highest BCUT2D eigenvalue weighted by atomic mass is 32.2. The Labute approximate surface area is 117 Å². The molecule has 0 unspecified atom stereocenters. The molecule has 0 aliphatic rings. The lowest BCUT2D eigenvalue weighted by Gasteiger charge is -2.12. The molecule has 0 bridgehead atoms. The highest BCUT2D eigenvalue weighted by molar-refractivity contribution is 7.92. The zero-order valence-corrected chi connectivity index (χ0v) is 12.3. The van der Waals surface area contributed by atoms with Gasteiger partial charge in [-0.1, -0.05) is 11.6 Å². The van der Waals surface area contributed by atoms with Crippen LogP contribution in [-0.2, 0) is 14.6 Å². The van der Waals surface area contributed by atoms with Gasteiger partial charge in [0.2, 0.25) is 0 Å². The zero-order chi connectivity index (χ0) is 15.5. The lowest BCUT2D eigenvalue weighted by atomic mass is 10.1. The first kappa shape index (κ1) is 16.1. The third kappa shape index (κ3) is 3.54. The summed E-state index contributed by atoms with van der Waals surface area (Å²) in [5.74, 6) is -1.91.